The van der Waals surface area contributed by atoms with Crippen LogP contribution in [0.4, 0.5) is 0 Å². The molecule has 0 heterocycles. The van der Waals surface area contributed by atoms with Gasteiger partial charge in [-0.25, -0.2) is 4.79 Å². The minimum Gasteiger partial charge on any atom is -0.478 e. The molecule has 0 bridgehead atoms. The van der Waals surface area contributed by atoms with E-state index in [1.54, 1.807) is 12.1 Å². The highest BCUT2D eigenvalue weighted by atomic mass is 16.5. The van der Waals surface area contributed by atoms with Crippen molar-refractivity contribution in [1.29, 1.82) is 0 Å². The quantitative estimate of drug-likeness (QED) is 0.723. The maximum atomic E-state index is 11.9. The molecule has 2 rings (SSSR count). The van der Waals surface area contributed by atoms with Crippen LogP contribution in [0.15, 0.2) is 24.3 Å². The van der Waals surface area contributed by atoms with Crippen molar-refractivity contribution in [3.8, 4) is 0 Å². The lowest BCUT2D eigenvalue weighted by molar-refractivity contribution is -0.120. The van der Waals surface area contributed by atoms with Crippen LogP contribution in [-0.4, -0.2) is 36.2 Å². The molecular weight excluding hydrogens is 294 g/mol. The van der Waals surface area contributed by atoms with Gasteiger partial charge in [0.2, 0.25) is 5.91 Å². The van der Waals surface area contributed by atoms with Crippen molar-refractivity contribution in [2.24, 2.45) is 0 Å². The van der Waals surface area contributed by atoms with Crippen LogP contribution in [0.25, 0.3) is 0 Å². The molecule has 0 atom stereocenters. The molecule has 1 aliphatic carbocycles. The second kappa shape index (κ2) is 9.30. The van der Waals surface area contributed by atoms with E-state index >= 15 is 0 Å². The van der Waals surface area contributed by atoms with Gasteiger partial charge in [0.05, 0.1) is 18.1 Å². The number of benzene rings is 1. The Morgan fingerprint density at radius 1 is 1.22 bits per heavy atom. The van der Waals surface area contributed by atoms with Crippen molar-refractivity contribution in [2.75, 3.05) is 13.2 Å². The molecule has 1 fully saturated rings. The van der Waals surface area contributed by atoms with Gasteiger partial charge >= 0.3 is 5.97 Å². The summed E-state index contributed by atoms with van der Waals surface area (Å²) in [6, 6.07) is 6.47. The van der Waals surface area contributed by atoms with Gasteiger partial charge in [0.1, 0.15) is 0 Å². The van der Waals surface area contributed by atoms with Crippen molar-refractivity contribution in [1.82, 2.24) is 5.32 Å². The minimum atomic E-state index is -0.980. The highest BCUT2D eigenvalue weighted by molar-refractivity contribution is 5.88. The van der Waals surface area contributed by atoms with Crippen molar-refractivity contribution in [3.05, 3.63) is 35.4 Å². The highest BCUT2D eigenvalue weighted by Gasteiger charge is 2.13. The molecule has 23 heavy (non-hydrogen) atoms. The monoisotopic (exact) mass is 319 g/mol. The second-order valence-electron chi connectivity index (χ2n) is 6.02. The summed E-state index contributed by atoms with van der Waals surface area (Å²) in [7, 11) is 0. The van der Waals surface area contributed by atoms with Crippen molar-refractivity contribution < 1.29 is 19.4 Å². The first-order valence-electron chi connectivity index (χ1n) is 8.35. The average Bonchev–Trinajstić information content (AvgIpc) is 2.55. The number of nitrogens with one attached hydrogen (secondary N) is 1. The largest absolute Gasteiger partial charge is 0.478 e. The van der Waals surface area contributed by atoms with Gasteiger partial charge in [-0.3, -0.25) is 4.79 Å². The molecule has 5 nitrogen and oxygen atoms in total. The molecule has 2 N–H and O–H groups in total. The van der Waals surface area contributed by atoms with Crippen LogP contribution in [0, 0.1) is 0 Å². The van der Waals surface area contributed by atoms with E-state index < -0.39 is 5.97 Å². The molecule has 126 valence electrons. The molecule has 0 aliphatic heterocycles. The first-order chi connectivity index (χ1) is 11.1. The number of hydrogen-bond acceptors (Lipinski definition) is 3. The molecule has 1 aromatic carbocycles. The number of carboxylic acids is 1. The predicted octanol–water partition coefficient (Wildman–Crippen LogP) is 2.78. The van der Waals surface area contributed by atoms with Gasteiger partial charge in [-0.05, 0) is 37.0 Å². The zero-order chi connectivity index (χ0) is 16.5. The number of carboxylic acid groups (broad SMARTS) is 1. The second-order valence-corrected chi connectivity index (χ2v) is 6.02. The van der Waals surface area contributed by atoms with Crippen molar-refractivity contribution in [3.63, 3.8) is 0 Å². The van der Waals surface area contributed by atoms with Gasteiger partial charge in [0, 0.05) is 13.2 Å². The van der Waals surface area contributed by atoms with Gasteiger partial charge < -0.3 is 15.2 Å². The van der Waals surface area contributed by atoms with Crippen molar-refractivity contribution in [2.45, 2.75) is 51.0 Å². The zero-order valence-electron chi connectivity index (χ0n) is 13.4. The molecule has 5 heteroatoms. The fraction of sp³-hybridized carbons (Fsp3) is 0.556. The summed E-state index contributed by atoms with van der Waals surface area (Å²) in [6.45, 7) is 1.27. The van der Waals surface area contributed by atoms with Crippen molar-refractivity contribution >= 4 is 11.9 Å². The first-order valence-corrected chi connectivity index (χ1v) is 8.35. The molecule has 0 radical (unpaired) electrons. The fourth-order valence-corrected chi connectivity index (χ4v) is 2.84. The lowest BCUT2D eigenvalue weighted by Crippen LogP contribution is -2.27. The van der Waals surface area contributed by atoms with Gasteiger partial charge in [-0.2, -0.15) is 0 Å². The van der Waals surface area contributed by atoms with Crippen LogP contribution in [0.1, 0.15) is 54.4 Å². The number of amides is 1. The smallest absolute Gasteiger partial charge is 0.335 e. The molecule has 1 saturated carbocycles. The lowest BCUT2D eigenvalue weighted by Gasteiger charge is -2.21. The molecule has 0 spiro atoms. The topological polar surface area (TPSA) is 75.6 Å². The third kappa shape index (κ3) is 6.40. The summed E-state index contributed by atoms with van der Waals surface area (Å²) in [5.41, 5.74) is 0.914. The SMILES string of the molecule is O=C(Cc1cccc(C(=O)O)c1)NCCCOC1CCCCC1. The predicted molar refractivity (Wildman–Crippen MR) is 87.6 cm³/mol. The van der Waals surface area contributed by atoms with Crippen LogP contribution in [0.3, 0.4) is 0 Å². The molecular formula is C18H25NO4. The number of hydrogen-bond donors (Lipinski definition) is 2. The maximum absolute atomic E-state index is 11.9. The summed E-state index contributed by atoms with van der Waals surface area (Å²) in [6.07, 6.45) is 7.56. The van der Waals surface area contributed by atoms with E-state index in [0.29, 0.717) is 24.8 Å². The zero-order valence-corrected chi connectivity index (χ0v) is 13.4. The van der Waals surface area contributed by atoms with Gasteiger partial charge in [0.25, 0.3) is 0 Å². The Labute approximate surface area is 137 Å². The summed E-state index contributed by atoms with van der Waals surface area (Å²) in [4.78, 5) is 22.8. The first kappa shape index (κ1) is 17.5. The Kier molecular flexibility index (Phi) is 7.07. The normalized spacial score (nSPS) is 15.3. The van der Waals surface area contributed by atoms with Crippen LogP contribution < -0.4 is 5.32 Å². The molecule has 1 amide bonds. The van der Waals surface area contributed by atoms with Gasteiger partial charge in [-0.15, -0.1) is 0 Å². The number of ether oxygens (including phenoxy) is 1. The van der Waals surface area contributed by atoms with Crippen LogP contribution in [0.5, 0.6) is 0 Å². The number of carbonyl (C=O) groups excluding carboxylic acids is 1. The van der Waals surface area contributed by atoms with E-state index in [0.717, 1.165) is 19.3 Å². The Morgan fingerprint density at radius 3 is 2.74 bits per heavy atom. The number of aromatic carboxylic acids is 1. The standard InChI is InChI=1S/C18H25NO4/c20-17(13-14-6-4-7-15(12-14)18(21)22)19-10-5-11-23-16-8-2-1-3-9-16/h4,6-7,12,16H,1-3,5,8-11,13H2,(H,19,20)(H,21,22). The van der Waals surface area contributed by atoms with E-state index in [2.05, 4.69) is 5.32 Å². The van der Waals surface area contributed by atoms with Crippen LogP contribution in [0.2, 0.25) is 0 Å². The van der Waals surface area contributed by atoms with E-state index in [9.17, 15) is 9.59 Å². The lowest BCUT2D eigenvalue weighted by atomic mass is 9.98. The van der Waals surface area contributed by atoms with E-state index in [1.807, 2.05) is 0 Å². The minimum absolute atomic E-state index is 0.0924. The maximum Gasteiger partial charge on any atom is 0.335 e. The van der Waals surface area contributed by atoms with E-state index in [4.69, 9.17) is 9.84 Å². The Balaban J connectivity index is 1.61. The highest BCUT2D eigenvalue weighted by Crippen LogP contribution is 2.20. The molecule has 1 aromatic rings. The number of carbonyl (C=O) groups is 2. The van der Waals surface area contributed by atoms with E-state index in [1.165, 1.54) is 31.4 Å². The molecule has 0 saturated heterocycles. The Hall–Kier alpha value is -1.88. The molecule has 0 aromatic heterocycles. The fourth-order valence-electron chi connectivity index (χ4n) is 2.84. The summed E-state index contributed by atoms with van der Waals surface area (Å²) in [5.74, 6) is -1.07. The van der Waals surface area contributed by atoms with Gasteiger partial charge in [0.15, 0.2) is 0 Å². The Morgan fingerprint density at radius 2 is 2.00 bits per heavy atom. The summed E-state index contributed by atoms with van der Waals surface area (Å²) in [5, 5.41) is 11.8. The Bertz CT molecular complexity index is 524. The summed E-state index contributed by atoms with van der Waals surface area (Å²) < 4.78 is 5.81. The average molecular weight is 319 g/mol. The third-order valence-electron chi connectivity index (χ3n) is 4.09. The third-order valence-corrected chi connectivity index (χ3v) is 4.09. The molecule has 1 aliphatic rings. The van der Waals surface area contributed by atoms with Crippen LogP contribution >= 0.6 is 0 Å². The van der Waals surface area contributed by atoms with E-state index in [-0.39, 0.29) is 17.9 Å². The molecule has 0 unspecified atom stereocenters. The number of rotatable bonds is 8. The summed E-state index contributed by atoms with van der Waals surface area (Å²) >= 11 is 0. The van der Waals surface area contributed by atoms with Gasteiger partial charge in [-0.1, -0.05) is 31.4 Å². The van der Waals surface area contributed by atoms with Crippen LogP contribution in [-0.2, 0) is 16.0 Å².